The number of nitrogens with one attached hydrogen (secondary N) is 2. The van der Waals surface area contributed by atoms with Gasteiger partial charge in [-0.15, -0.1) is 0 Å². The summed E-state index contributed by atoms with van der Waals surface area (Å²) < 4.78 is 27.7. The van der Waals surface area contributed by atoms with Gasteiger partial charge in [0.1, 0.15) is 4.90 Å². The summed E-state index contributed by atoms with van der Waals surface area (Å²) in [7, 11) is -3.89. The molecule has 0 unspecified atom stereocenters. The van der Waals surface area contributed by atoms with Crippen molar-refractivity contribution in [1.82, 2.24) is 5.32 Å². The van der Waals surface area contributed by atoms with E-state index in [1.54, 1.807) is 36.4 Å². The monoisotopic (exact) mass is 378 g/mol. The third-order valence-corrected chi connectivity index (χ3v) is 6.10. The van der Waals surface area contributed by atoms with Gasteiger partial charge < -0.3 is 5.32 Å². The number of benzene rings is 2. The number of halogens is 1. The smallest absolute Gasteiger partial charge is 0.263 e. The van der Waals surface area contributed by atoms with Crippen molar-refractivity contribution in [1.29, 1.82) is 0 Å². The van der Waals surface area contributed by atoms with E-state index in [9.17, 15) is 13.2 Å². The van der Waals surface area contributed by atoms with Gasteiger partial charge in [-0.2, -0.15) is 0 Å². The molecule has 0 aliphatic heterocycles. The van der Waals surface area contributed by atoms with E-state index in [0.717, 1.165) is 25.7 Å². The van der Waals surface area contributed by atoms with Crippen LogP contribution in [0.3, 0.4) is 0 Å². The van der Waals surface area contributed by atoms with Gasteiger partial charge in [-0.25, -0.2) is 8.42 Å². The van der Waals surface area contributed by atoms with Crippen molar-refractivity contribution in [3.05, 3.63) is 59.1 Å². The molecular formula is C18H19ClN2O3S. The second-order valence-corrected chi connectivity index (χ2v) is 8.09. The molecule has 1 aliphatic carbocycles. The van der Waals surface area contributed by atoms with Crippen molar-refractivity contribution >= 4 is 33.2 Å². The van der Waals surface area contributed by atoms with Gasteiger partial charge in [0.2, 0.25) is 0 Å². The first kappa shape index (κ1) is 17.8. The molecule has 0 heterocycles. The largest absolute Gasteiger partial charge is 0.349 e. The Balaban J connectivity index is 1.85. The Morgan fingerprint density at radius 3 is 2.36 bits per heavy atom. The molecule has 2 aromatic rings. The maximum atomic E-state index is 12.6. The second kappa shape index (κ2) is 7.45. The molecule has 0 saturated heterocycles. The highest BCUT2D eigenvalue weighted by Gasteiger charge is 2.23. The molecule has 3 rings (SSSR count). The zero-order chi connectivity index (χ0) is 17.9. The molecule has 2 N–H and O–H groups in total. The van der Waals surface area contributed by atoms with Crippen molar-refractivity contribution in [2.75, 3.05) is 4.72 Å². The van der Waals surface area contributed by atoms with Crippen molar-refractivity contribution in [3.8, 4) is 0 Å². The van der Waals surface area contributed by atoms with Gasteiger partial charge in [-0.05, 0) is 37.1 Å². The molecule has 1 aliphatic rings. The lowest BCUT2D eigenvalue weighted by molar-refractivity contribution is 0.0939. The number of hydrogen-bond acceptors (Lipinski definition) is 3. The van der Waals surface area contributed by atoms with Crippen molar-refractivity contribution in [2.45, 2.75) is 36.6 Å². The molecule has 0 atom stereocenters. The van der Waals surface area contributed by atoms with Crippen LogP contribution in [0.4, 0.5) is 5.69 Å². The van der Waals surface area contributed by atoms with Crippen LogP contribution in [0.5, 0.6) is 0 Å². The number of hydrogen-bond donors (Lipinski definition) is 2. The highest BCUT2D eigenvalue weighted by molar-refractivity contribution is 7.92. The van der Waals surface area contributed by atoms with Crippen LogP contribution in [0.15, 0.2) is 53.4 Å². The first-order valence-electron chi connectivity index (χ1n) is 8.14. The van der Waals surface area contributed by atoms with Crippen LogP contribution in [0.25, 0.3) is 0 Å². The summed E-state index contributed by atoms with van der Waals surface area (Å²) in [6, 6.07) is 12.9. The minimum atomic E-state index is -3.89. The SMILES string of the molecule is O=C(NC1CCCC1)c1ccccc1NS(=O)(=O)c1ccccc1Cl. The molecule has 5 nitrogen and oxygen atoms in total. The van der Waals surface area contributed by atoms with Crippen LogP contribution in [0.1, 0.15) is 36.0 Å². The van der Waals surface area contributed by atoms with Crippen LogP contribution in [0, 0.1) is 0 Å². The van der Waals surface area contributed by atoms with Crippen molar-refractivity contribution in [2.24, 2.45) is 0 Å². The fourth-order valence-corrected chi connectivity index (χ4v) is 4.57. The molecule has 0 spiro atoms. The summed E-state index contributed by atoms with van der Waals surface area (Å²) in [6.07, 6.45) is 4.12. The van der Waals surface area contributed by atoms with Gasteiger partial charge in [0, 0.05) is 6.04 Å². The van der Waals surface area contributed by atoms with Crippen LogP contribution in [0.2, 0.25) is 5.02 Å². The normalized spacial score (nSPS) is 15.1. The predicted molar refractivity (Wildman–Crippen MR) is 98.4 cm³/mol. The van der Waals surface area contributed by atoms with E-state index < -0.39 is 10.0 Å². The third kappa shape index (κ3) is 4.14. The van der Waals surface area contributed by atoms with Gasteiger partial charge in [0.15, 0.2) is 0 Å². The summed E-state index contributed by atoms with van der Waals surface area (Å²) in [5.74, 6) is -0.274. The first-order valence-corrected chi connectivity index (χ1v) is 10.0. The standard InChI is InChI=1S/C18H19ClN2O3S/c19-15-10-4-6-12-17(15)25(23,24)21-16-11-5-3-9-14(16)18(22)20-13-7-1-2-8-13/h3-6,9-13,21H,1-2,7-8H2,(H,20,22). The lowest BCUT2D eigenvalue weighted by atomic mass is 10.1. The van der Waals surface area contributed by atoms with Gasteiger partial charge >= 0.3 is 0 Å². The van der Waals surface area contributed by atoms with E-state index in [0.29, 0.717) is 5.56 Å². The molecule has 1 fully saturated rings. The number of para-hydroxylation sites is 1. The molecule has 132 valence electrons. The molecule has 0 aromatic heterocycles. The molecule has 7 heteroatoms. The fraction of sp³-hybridized carbons (Fsp3) is 0.278. The summed E-state index contributed by atoms with van der Waals surface area (Å²) in [4.78, 5) is 12.5. The quantitative estimate of drug-likeness (QED) is 0.830. The van der Waals surface area contributed by atoms with Gasteiger partial charge in [0.25, 0.3) is 15.9 Å². The Kier molecular flexibility index (Phi) is 5.30. The summed E-state index contributed by atoms with van der Waals surface area (Å²) in [5, 5.41) is 3.10. The van der Waals surface area contributed by atoms with Crippen LogP contribution in [-0.4, -0.2) is 20.4 Å². The van der Waals surface area contributed by atoms with Crippen LogP contribution >= 0.6 is 11.6 Å². The summed E-state index contributed by atoms with van der Waals surface area (Å²) in [5.41, 5.74) is 0.531. The number of rotatable bonds is 5. The zero-order valence-corrected chi connectivity index (χ0v) is 15.1. The number of anilines is 1. The van der Waals surface area contributed by atoms with Gasteiger partial charge in [-0.1, -0.05) is 48.7 Å². The average molecular weight is 379 g/mol. The van der Waals surface area contributed by atoms with E-state index in [-0.39, 0.29) is 27.6 Å². The van der Waals surface area contributed by atoms with Gasteiger partial charge in [-0.3, -0.25) is 9.52 Å². The van der Waals surface area contributed by atoms with E-state index in [1.165, 1.54) is 12.1 Å². The predicted octanol–water partition coefficient (Wildman–Crippen LogP) is 3.81. The zero-order valence-electron chi connectivity index (χ0n) is 13.5. The number of carbonyl (C=O) groups is 1. The lowest BCUT2D eigenvalue weighted by Crippen LogP contribution is -2.33. The number of sulfonamides is 1. The highest BCUT2D eigenvalue weighted by Crippen LogP contribution is 2.25. The third-order valence-electron chi connectivity index (χ3n) is 4.23. The Hall–Kier alpha value is -2.05. The number of carbonyl (C=O) groups excluding carboxylic acids is 1. The Bertz CT molecular complexity index is 877. The Morgan fingerprint density at radius 1 is 1.00 bits per heavy atom. The first-order chi connectivity index (χ1) is 12.0. The van der Waals surface area contributed by atoms with Crippen LogP contribution in [-0.2, 0) is 10.0 Å². The Morgan fingerprint density at radius 2 is 1.64 bits per heavy atom. The maximum Gasteiger partial charge on any atom is 0.263 e. The molecule has 1 saturated carbocycles. The van der Waals surface area contributed by atoms with E-state index in [2.05, 4.69) is 10.0 Å². The fourth-order valence-electron chi connectivity index (χ4n) is 2.97. The minimum absolute atomic E-state index is 0.0253. The molecule has 2 aromatic carbocycles. The average Bonchev–Trinajstić information content (AvgIpc) is 3.08. The molecule has 0 radical (unpaired) electrons. The molecular weight excluding hydrogens is 360 g/mol. The van der Waals surface area contributed by atoms with E-state index in [1.807, 2.05) is 0 Å². The maximum absolute atomic E-state index is 12.6. The summed E-state index contributed by atoms with van der Waals surface area (Å²) in [6.45, 7) is 0. The van der Waals surface area contributed by atoms with Gasteiger partial charge in [0.05, 0.1) is 16.3 Å². The highest BCUT2D eigenvalue weighted by atomic mass is 35.5. The second-order valence-electron chi connectivity index (χ2n) is 6.04. The van der Waals surface area contributed by atoms with E-state index >= 15 is 0 Å². The van der Waals surface area contributed by atoms with Crippen molar-refractivity contribution in [3.63, 3.8) is 0 Å². The summed E-state index contributed by atoms with van der Waals surface area (Å²) >= 11 is 5.99. The molecule has 0 bridgehead atoms. The Labute approximate surface area is 152 Å². The molecule has 1 amide bonds. The van der Waals surface area contributed by atoms with Crippen LogP contribution < -0.4 is 10.0 Å². The molecule has 25 heavy (non-hydrogen) atoms. The lowest BCUT2D eigenvalue weighted by Gasteiger charge is -2.16. The minimum Gasteiger partial charge on any atom is -0.349 e. The topological polar surface area (TPSA) is 75.3 Å². The number of amides is 1. The van der Waals surface area contributed by atoms with Crippen molar-refractivity contribution < 1.29 is 13.2 Å². The van der Waals surface area contributed by atoms with E-state index in [4.69, 9.17) is 11.6 Å².